The SMILES string of the molecule is NC(=S)c1ccc(OCCOc2cccc(Cl)c2Cl)cc1. The molecule has 0 fully saturated rings. The van der Waals surface area contributed by atoms with E-state index in [4.69, 9.17) is 50.6 Å². The van der Waals surface area contributed by atoms with E-state index in [1.165, 1.54) is 0 Å². The molecule has 0 aromatic heterocycles. The quantitative estimate of drug-likeness (QED) is 0.634. The van der Waals surface area contributed by atoms with Gasteiger partial charge >= 0.3 is 0 Å². The highest BCUT2D eigenvalue weighted by atomic mass is 35.5. The van der Waals surface area contributed by atoms with Crippen LogP contribution in [0.4, 0.5) is 0 Å². The summed E-state index contributed by atoms with van der Waals surface area (Å²) in [5.74, 6) is 1.26. The van der Waals surface area contributed by atoms with Gasteiger partial charge in [-0.25, -0.2) is 0 Å². The summed E-state index contributed by atoms with van der Waals surface area (Å²) in [5, 5.41) is 0.864. The smallest absolute Gasteiger partial charge is 0.139 e. The van der Waals surface area contributed by atoms with Gasteiger partial charge in [0.15, 0.2) is 0 Å². The molecule has 3 nitrogen and oxygen atoms in total. The minimum absolute atomic E-state index is 0.358. The molecule has 0 bridgehead atoms. The molecule has 110 valence electrons. The lowest BCUT2D eigenvalue weighted by atomic mass is 10.2. The van der Waals surface area contributed by atoms with E-state index in [1.54, 1.807) is 30.3 Å². The maximum absolute atomic E-state index is 6.01. The predicted molar refractivity (Wildman–Crippen MR) is 89.8 cm³/mol. The molecule has 0 saturated heterocycles. The van der Waals surface area contributed by atoms with Crippen molar-refractivity contribution in [2.45, 2.75) is 0 Å². The lowest BCUT2D eigenvalue weighted by Gasteiger charge is -2.10. The van der Waals surface area contributed by atoms with Gasteiger partial charge in [-0.05, 0) is 36.4 Å². The van der Waals surface area contributed by atoms with Crippen molar-refractivity contribution in [1.82, 2.24) is 0 Å². The van der Waals surface area contributed by atoms with Gasteiger partial charge in [0.2, 0.25) is 0 Å². The van der Waals surface area contributed by atoms with Crippen LogP contribution >= 0.6 is 35.4 Å². The van der Waals surface area contributed by atoms with E-state index in [-0.39, 0.29) is 0 Å². The van der Waals surface area contributed by atoms with Crippen molar-refractivity contribution >= 4 is 40.4 Å². The molecule has 2 rings (SSSR count). The second-order valence-electron chi connectivity index (χ2n) is 4.14. The Balaban J connectivity index is 1.82. The molecule has 0 amide bonds. The molecule has 0 saturated carbocycles. The molecule has 0 unspecified atom stereocenters. The van der Waals surface area contributed by atoms with Crippen molar-refractivity contribution in [1.29, 1.82) is 0 Å². The van der Waals surface area contributed by atoms with E-state index in [1.807, 2.05) is 12.1 Å². The first-order chi connectivity index (χ1) is 10.1. The van der Waals surface area contributed by atoms with Crippen LogP contribution in [0, 0.1) is 0 Å². The molecule has 21 heavy (non-hydrogen) atoms. The number of thiocarbonyl (C=S) groups is 1. The van der Waals surface area contributed by atoms with Crippen molar-refractivity contribution in [2.24, 2.45) is 5.73 Å². The van der Waals surface area contributed by atoms with Gasteiger partial charge in [-0.3, -0.25) is 0 Å². The number of ether oxygens (including phenoxy) is 2. The number of hydrogen-bond acceptors (Lipinski definition) is 3. The largest absolute Gasteiger partial charge is 0.490 e. The lowest BCUT2D eigenvalue weighted by molar-refractivity contribution is 0.217. The zero-order chi connectivity index (χ0) is 15.2. The molecule has 2 N–H and O–H groups in total. The summed E-state index contributed by atoms with van der Waals surface area (Å²) in [6.45, 7) is 0.742. The van der Waals surface area contributed by atoms with Gasteiger partial charge in [-0.1, -0.05) is 41.5 Å². The minimum atomic E-state index is 0.358. The Morgan fingerprint density at radius 2 is 1.67 bits per heavy atom. The third-order valence-electron chi connectivity index (χ3n) is 2.66. The van der Waals surface area contributed by atoms with E-state index in [0.29, 0.717) is 34.0 Å². The molecular weight excluding hydrogens is 329 g/mol. The zero-order valence-corrected chi connectivity index (χ0v) is 13.3. The standard InChI is InChI=1S/C15H13Cl2NO2S/c16-12-2-1-3-13(14(12)17)20-9-8-19-11-6-4-10(5-7-11)15(18)21/h1-7H,8-9H2,(H2,18,21). The van der Waals surface area contributed by atoms with Crippen molar-refractivity contribution in [3.05, 3.63) is 58.1 Å². The topological polar surface area (TPSA) is 44.5 Å². The van der Waals surface area contributed by atoms with E-state index in [9.17, 15) is 0 Å². The van der Waals surface area contributed by atoms with Gasteiger partial charge < -0.3 is 15.2 Å². The summed E-state index contributed by atoms with van der Waals surface area (Å²) < 4.78 is 11.1. The number of halogens is 2. The summed E-state index contributed by atoms with van der Waals surface area (Å²) in [5.41, 5.74) is 6.33. The van der Waals surface area contributed by atoms with Crippen molar-refractivity contribution in [3.8, 4) is 11.5 Å². The van der Waals surface area contributed by atoms with E-state index in [0.717, 1.165) is 11.3 Å². The van der Waals surface area contributed by atoms with Crippen LogP contribution in [0.2, 0.25) is 10.0 Å². The first-order valence-corrected chi connectivity index (χ1v) is 7.34. The van der Waals surface area contributed by atoms with Crippen LogP contribution in [0.15, 0.2) is 42.5 Å². The minimum Gasteiger partial charge on any atom is -0.490 e. The van der Waals surface area contributed by atoms with Crippen molar-refractivity contribution < 1.29 is 9.47 Å². The molecule has 0 radical (unpaired) electrons. The Morgan fingerprint density at radius 3 is 2.33 bits per heavy atom. The molecule has 0 atom stereocenters. The summed E-state index contributed by atoms with van der Waals surface area (Å²) in [6.07, 6.45) is 0. The summed E-state index contributed by atoms with van der Waals surface area (Å²) in [6, 6.07) is 12.5. The van der Waals surface area contributed by atoms with E-state index < -0.39 is 0 Å². The Morgan fingerprint density at radius 1 is 1.00 bits per heavy atom. The van der Waals surface area contributed by atoms with Crippen LogP contribution in [0.3, 0.4) is 0 Å². The predicted octanol–water partition coefficient (Wildman–Crippen LogP) is 4.09. The number of nitrogens with two attached hydrogens (primary N) is 1. The lowest BCUT2D eigenvalue weighted by Crippen LogP contribution is -2.10. The van der Waals surface area contributed by atoms with Gasteiger partial charge in [-0.15, -0.1) is 0 Å². The normalized spacial score (nSPS) is 10.2. The summed E-state index contributed by atoms with van der Waals surface area (Å²) in [7, 11) is 0. The molecule has 2 aromatic carbocycles. The second kappa shape index (κ2) is 7.50. The van der Waals surface area contributed by atoms with Crippen LogP contribution < -0.4 is 15.2 Å². The van der Waals surface area contributed by atoms with Gasteiger partial charge in [0.1, 0.15) is 34.7 Å². The van der Waals surface area contributed by atoms with Crippen LogP contribution in [-0.2, 0) is 0 Å². The van der Waals surface area contributed by atoms with Crippen LogP contribution in [0.25, 0.3) is 0 Å². The fraction of sp³-hybridized carbons (Fsp3) is 0.133. The highest BCUT2D eigenvalue weighted by molar-refractivity contribution is 7.80. The summed E-state index contributed by atoms with van der Waals surface area (Å²) >= 11 is 16.8. The van der Waals surface area contributed by atoms with Gasteiger partial charge in [0.25, 0.3) is 0 Å². The second-order valence-corrected chi connectivity index (χ2v) is 5.36. The van der Waals surface area contributed by atoms with Gasteiger partial charge in [0.05, 0.1) is 5.02 Å². The fourth-order valence-electron chi connectivity index (χ4n) is 1.62. The van der Waals surface area contributed by atoms with Crippen molar-refractivity contribution in [2.75, 3.05) is 13.2 Å². The molecule has 0 heterocycles. The monoisotopic (exact) mass is 341 g/mol. The van der Waals surface area contributed by atoms with Gasteiger partial charge in [0, 0.05) is 5.56 Å². The maximum Gasteiger partial charge on any atom is 0.139 e. The average molecular weight is 342 g/mol. The Kier molecular flexibility index (Phi) is 5.67. The molecule has 0 spiro atoms. The number of hydrogen-bond donors (Lipinski definition) is 1. The number of rotatable bonds is 6. The van der Waals surface area contributed by atoms with Gasteiger partial charge in [-0.2, -0.15) is 0 Å². The zero-order valence-electron chi connectivity index (χ0n) is 11.0. The third-order valence-corrected chi connectivity index (χ3v) is 3.70. The molecular formula is C15H13Cl2NO2S. The first kappa shape index (κ1) is 15.9. The molecule has 2 aromatic rings. The maximum atomic E-state index is 6.01. The highest BCUT2D eigenvalue weighted by Crippen LogP contribution is 2.31. The first-order valence-electron chi connectivity index (χ1n) is 6.17. The van der Waals surface area contributed by atoms with Crippen LogP contribution in [-0.4, -0.2) is 18.2 Å². The van der Waals surface area contributed by atoms with E-state index in [2.05, 4.69) is 0 Å². The van der Waals surface area contributed by atoms with Crippen molar-refractivity contribution in [3.63, 3.8) is 0 Å². The number of benzene rings is 2. The highest BCUT2D eigenvalue weighted by Gasteiger charge is 2.05. The summed E-state index contributed by atoms with van der Waals surface area (Å²) in [4.78, 5) is 0.362. The Hall–Kier alpha value is -1.49. The molecule has 0 aliphatic rings. The van der Waals surface area contributed by atoms with Crippen LogP contribution in [0.1, 0.15) is 5.56 Å². The third kappa shape index (κ3) is 4.49. The fourth-order valence-corrected chi connectivity index (χ4v) is 2.10. The Bertz CT molecular complexity index is 632. The molecule has 0 aliphatic carbocycles. The molecule has 0 aliphatic heterocycles. The van der Waals surface area contributed by atoms with Crippen LogP contribution in [0.5, 0.6) is 11.5 Å². The molecule has 6 heteroatoms. The average Bonchev–Trinajstić information content (AvgIpc) is 2.48. The van der Waals surface area contributed by atoms with E-state index >= 15 is 0 Å². The Labute approximate surface area is 138 Å².